The fourth-order valence-electron chi connectivity index (χ4n) is 4.79. The zero-order valence-corrected chi connectivity index (χ0v) is 21.1. The molecule has 5 rings (SSSR count). The summed E-state index contributed by atoms with van der Waals surface area (Å²) in [6, 6.07) is 18.6. The first-order valence-electron chi connectivity index (χ1n) is 11.7. The number of methoxy groups -OCH3 is 2. The van der Waals surface area contributed by atoms with Crippen LogP contribution in [-0.2, 0) is 16.0 Å². The minimum absolute atomic E-state index is 0.00745. The minimum Gasteiger partial charge on any atom is -0.507 e. The first-order chi connectivity index (χ1) is 17.9. The van der Waals surface area contributed by atoms with Gasteiger partial charge in [-0.15, -0.1) is 0 Å². The Bertz CT molecular complexity index is 1540. The summed E-state index contributed by atoms with van der Waals surface area (Å²) in [6.45, 7) is 0.236. The number of halogens is 1. The van der Waals surface area contributed by atoms with Gasteiger partial charge in [0.2, 0.25) is 0 Å². The van der Waals surface area contributed by atoms with Crippen molar-refractivity contribution in [3.8, 4) is 11.5 Å². The number of ether oxygens (including phenoxy) is 2. The van der Waals surface area contributed by atoms with E-state index in [9.17, 15) is 14.7 Å². The Morgan fingerprint density at radius 3 is 2.51 bits per heavy atom. The molecular formula is C29H25ClN2O5. The van der Waals surface area contributed by atoms with Crippen LogP contribution in [0.25, 0.3) is 16.7 Å². The van der Waals surface area contributed by atoms with Gasteiger partial charge in [-0.3, -0.25) is 9.59 Å². The van der Waals surface area contributed by atoms with Gasteiger partial charge in [-0.25, -0.2) is 0 Å². The van der Waals surface area contributed by atoms with Gasteiger partial charge in [0.25, 0.3) is 11.7 Å². The number of aromatic nitrogens is 1. The van der Waals surface area contributed by atoms with Crippen LogP contribution in [0.4, 0.5) is 0 Å². The van der Waals surface area contributed by atoms with Crippen molar-refractivity contribution in [2.45, 2.75) is 12.5 Å². The Balaban J connectivity index is 1.57. The van der Waals surface area contributed by atoms with Crippen LogP contribution in [0.1, 0.15) is 22.7 Å². The number of nitrogens with zero attached hydrogens (tertiary/aromatic N) is 1. The molecule has 3 aromatic carbocycles. The molecule has 1 aliphatic rings. The smallest absolute Gasteiger partial charge is 0.295 e. The SMILES string of the molecule is COc1cccc(C(O)=C2C(=O)C(=O)N(CCc3c[nH]c4ccc(OC)cc34)[C@H]2c2ccccc2Cl)c1. The largest absolute Gasteiger partial charge is 0.507 e. The summed E-state index contributed by atoms with van der Waals surface area (Å²) in [5.41, 5.74) is 2.85. The van der Waals surface area contributed by atoms with Crippen LogP contribution in [0.5, 0.6) is 11.5 Å². The molecule has 2 heterocycles. The van der Waals surface area contributed by atoms with E-state index < -0.39 is 17.7 Å². The zero-order valence-electron chi connectivity index (χ0n) is 20.3. The first-order valence-corrected chi connectivity index (χ1v) is 12.1. The number of aromatic amines is 1. The number of aliphatic hydroxyl groups excluding tert-OH is 1. The second kappa shape index (κ2) is 10.0. The third-order valence-electron chi connectivity index (χ3n) is 6.68. The summed E-state index contributed by atoms with van der Waals surface area (Å²) < 4.78 is 10.6. The van der Waals surface area contributed by atoms with E-state index in [0.29, 0.717) is 28.3 Å². The van der Waals surface area contributed by atoms with E-state index in [1.165, 1.54) is 12.0 Å². The Morgan fingerprint density at radius 1 is 1.00 bits per heavy atom. The lowest BCUT2D eigenvalue weighted by Gasteiger charge is -2.26. The third kappa shape index (κ3) is 4.42. The summed E-state index contributed by atoms with van der Waals surface area (Å²) in [4.78, 5) is 31.4. The molecular weight excluding hydrogens is 492 g/mol. The number of fused-ring (bicyclic) bond motifs is 1. The summed E-state index contributed by atoms with van der Waals surface area (Å²) >= 11 is 6.55. The number of ketones is 1. The number of rotatable bonds is 7. The molecule has 7 nitrogen and oxygen atoms in total. The van der Waals surface area contributed by atoms with Gasteiger partial charge in [0.1, 0.15) is 17.3 Å². The number of amides is 1. The minimum atomic E-state index is -0.848. The lowest BCUT2D eigenvalue weighted by molar-refractivity contribution is -0.139. The molecule has 1 saturated heterocycles. The van der Waals surface area contributed by atoms with E-state index in [-0.39, 0.29) is 17.9 Å². The summed E-state index contributed by atoms with van der Waals surface area (Å²) in [6.07, 6.45) is 2.36. The fourth-order valence-corrected chi connectivity index (χ4v) is 5.03. The number of hydrogen-bond donors (Lipinski definition) is 2. The van der Waals surface area contributed by atoms with E-state index >= 15 is 0 Å². The lowest BCUT2D eigenvalue weighted by Crippen LogP contribution is -2.31. The van der Waals surface area contributed by atoms with E-state index in [0.717, 1.165) is 22.2 Å². The molecule has 0 unspecified atom stereocenters. The Kier molecular flexibility index (Phi) is 6.63. The van der Waals surface area contributed by atoms with Gasteiger partial charge in [-0.1, -0.05) is 41.9 Å². The number of carbonyl (C=O) groups excluding carboxylic acids is 2. The average molecular weight is 517 g/mol. The molecule has 1 aliphatic heterocycles. The molecule has 188 valence electrons. The number of nitrogens with one attached hydrogen (secondary N) is 1. The van der Waals surface area contributed by atoms with Crippen molar-refractivity contribution < 1.29 is 24.2 Å². The summed E-state index contributed by atoms with van der Waals surface area (Å²) in [5, 5.41) is 12.7. The van der Waals surface area contributed by atoms with Crippen molar-refractivity contribution in [2.24, 2.45) is 0 Å². The number of hydrogen-bond acceptors (Lipinski definition) is 5. The maximum atomic E-state index is 13.3. The van der Waals surface area contributed by atoms with Gasteiger partial charge in [-0.05, 0) is 53.9 Å². The fraction of sp³-hybridized carbons (Fsp3) is 0.172. The van der Waals surface area contributed by atoms with Gasteiger partial charge in [0.05, 0.1) is 25.8 Å². The highest BCUT2D eigenvalue weighted by atomic mass is 35.5. The highest BCUT2D eigenvalue weighted by Gasteiger charge is 2.46. The maximum Gasteiger partial charge on any atom is 0.295 e. The predicted molar refractivity (Wildman–Crippen MR) is 142 cm³/mol. The molecule has 8 heteroatoms. The predicted octanol–water partition coefficient (Wildman–Crippen LogP) is 5.50. The molecule has 0 aliphatic carbocycles. The van der Waals surface area contributed by atoms with Crippen molar-refractivity contribution in [2.75, 3.05) is 20.8 Å². The molecule has 4 aromatic rings. The van der Waals surface area contributed by atoms with E-state index in [2.05, 4.69) is 4.98 Å². The van der Waals surface area contributed by atoms with Crippen molar-refractivity contribution >= 4 is 40.0 Å². The molecule has 0 spiro atoms. The van der Waals surface area contributed by atoms with Crippen LogP contribution < -0.4 is 9.47 Å². The third-order valence-corrected chi connectivity index (χ3v) is 7.02. The topological polar surface area (TPSA) is 91.9 Å². The van der Waals surface area contributed by atoms with E-state index in [4.69, 9.17) is 21.1 Å². The zero-order chi connectivity index (χ0) is 26.1. The Hall–Kier alpha value is -4.23. The van der Waals surface area contributed by atoms with Crippen LogP contribution in [0.15, 0.2) is 78.5 Å². The van der Waals surface area contributed by atoms with Gasteiger partial charge in [0, 0.05) is 34.2 Å². The molecule has 1 fully saturated rings. The molecule has 37 heavy (non-hydrogen) atoms. The van der Waals surface area contributed by atoms with Gasteiger partial charge >= 0.3 is 0 Å². The molecule has 0 radical (unpaired) electrons. The molecule has 1 amide bonds. The Labute approximate surface area is 218 Å². The maximum absolute atomic E-state index is 13.3. The average Bonchev–Trinajstić information content (AvgIpc) is 3.44. The number of aliphatic hydroxyl groups is 1. The second-order valence-electron chi connectivity index (χ2n) is 8.72. The van der Waals surface area contributed by atoms with Crippen molar-refractivity contribution in [1.29, 1.82) is 0 Å². The number of likely N-dealkylation sites (tertiary alicyclic amines) is 1. The highest BCUT2D eigenvalue weighted by molar-refractivity contribution is 6.47. The number of Topliss-reactive ketones (excluding diaryl/α,β-unsaturated/α-hetero) is 1. The van der Waals surface area contributed by atoms with Crippen LogP contribution in [-0.4, -0.2) is 47.4 Å². The Morgan fingerprint density at radius 2 is 1.76 bits per heavy atom. The molecule has 1 atom stereocenters. The van der Waals surface area contributed by atoms with Crippen molar-refractivity contribution in [3.63, 3.8) is 0 Å². The lowest BCUT2D eigenvalue weighted by atomic mass is 9.95. The van der Waals surface area contributed by atoms with Crippen LogP contribution >= 0.6 is 11.6 Å². The monoisotopic (exact) mass is 516 g/mol. The van der Waals surface area contributed by atoms with Gasteiger partial charge in [-0.2, -0.15) is 0 Å². The number of benzene rings is 3. The van der Waals surface area contributed by atoms with Gasteiger partial charge < -0.3 is 24.5 Å². The van der Waals surface area contributed by atoms with Crippen LogP contribution in [0, 0.1) is 0 Å². The van der Waals surface area contributed by atoms with Crippen LogP contribution in [0.2, 0.25) is 5.02 Å². The van der Waals surface area contributed by atoms with Gasteiger partial charge in [0.15, 0.2) is 0 Å². The molecule has 1 aromatic heterocycles. The number of H-pyrrole nitrogens is 1. The molecule has 0 saturated carbocycles. The second-order valence-corrected chi connectivity index (χ2v) is 9.13. The molecule has 2 N–H and O–H groups in total. The highest BCUT2D eigenvalue weighted by Crippen LogP contribution is 2.42. The van der Waals surface area contributed by atoms with Crippen LogP contribution in [0.3, 0.4) is 0 Å². The first kappa shape index (κ1) is 24.5. The standard InChI is InChI=1S/C29H25ClN2O5/c1-36-19-7-5-6-17(14-19)27(33)25-26(21-8-3-4-9-23(21)30)32(29(35)28(25)34)13-12-18-16-31-24-11-10-20(37-2)15-22(18)24/h3-11,14-16,26,31,33H,12-13H2,1-2H3/t26-/m0/s1. The quantitative estimate of drug-likeness (QED) is 0.192. The van der Waals surface area contributed by atoms with Crippen molar-refractivity contribution in [1.82, 2.24) is 9.88 Å². The van der Waals surface area contributed by atoms with E-state index in [1.54, 1.807) is 55.6 Å². The summed E-state index contributed by atoms with van der Waals surface area (Å²) in [5.74, 6) is -0.482. The molecule has 0 bridgehead atoms. The summed E-state index contributed by atoms with van der Waals surface area (Å²) in [7, 11) is 3.13. The normalized spacial score (nSPS) is 16.9. The number of carbonyl (C=O) groups is 2. The van der Waals surface area contributed by atoms with E-state index in [1.807, 2.05) is 24.4 Å². The van der Waals surface area contributed by atoms with Crippen molar-refractivity contribution in [3.05, 3.63) is 100 Å².